The first kappa shape index (κ1) is 25.2. The molecule has 1 N–H and O–H groups in total. The zero-order chi connectivity index (χ0) is 19.1. The Morgan fingerprint density at radius 2 is 0.923 bits per heavy atom. The minimum absolute atomic E-state index is 0.295. The third-order valence-electron chi connectivity index (χ3n) is 5.15. The normalized spacial score (nSPS) is 11.4. The van der Waals surface area contributed by atoms with Crippen LogP contribution in [0.15, 0.2) is 12.2 Å². The molecule has 2 nitrogen and oxygen atoms in total. The highest BCUT2D eigenvalue weighted by atomic mass is 16.4. The van der Waals surface area contributed by atoms with Gasteiger partial charge in [-0.1, -0.05) is 115 Å². The van der Waals surface area contributed by atoms with E-state index < -0.39 is 5.97 Å². The second-order valence-electron chi connectivity index (χ2n) is 7.85. The van der Waals surface area contributed by atoms with Crippen molar-refractivity contribution in [2.24, 2.45) is 0 Å². The lowest BCUT2D eigenvalue weighted by Crippen LogP contribution is -1.92. The highest BCUT2D eigenvalue weighted by Crippen LogP contribution is 2.14. The summed E-state index contributed by atoms with van der Waals surface area (Å²) < 4.78 is 0. The summed E-state index contributed by atoms with van der Waals surface area (Å²) in [4.78, 5) is 10.4. The van der Waals surface area contributed by atoms with Crippen molar-refractivity contribution >= 4 is 5.97 Å². The third kappa shape index (κ3) is 23.2. The van der Waals surface area contributed by atoms with Gasteiger partial charge in [-0.15, -0.1) is 0 Å². The van der Waals surface area contributed by atoms with Crippen molar-refractivity contribution in [3.05, 3.63) is 12.2 Å². The third-order valence-corrected chi connectivity index (χ3v) is 5.15. The molecule has 0 aliphatic heterocycles. The van der Waals surface area contributed by atoms with E-state index in [0.29, 0.717) is 6.42 Å². The summed E-state index contributed by atoms with van der Waals surface area (Å²) in [6, 6.07) is 0. The molecule has 0 aliphatic carbocycles. The number of carboxylic acids is 1. The number of hydrogen-bond acceptors (Lipinski definition) is 1. The highest BCUT2D eigenvalue weighted by Gasteiger charge is 1.95. The maximum Gasteiger partial charge on any atom is 0.303 e. The van der Waals surface area contributed by atoms with Crippen molar-refractivity contribution in [3.8, 4) is 0 Å². The Hall–Kier alpha value is -0.790. The van der Waals surface area contributed by atoms with Crippen LogP contribution in [-0.4, -0.2) is 11.1 Å². The molecule has 0 saturated carbocycles. The second kappa shape index (κ2) is 22.3. The quantitative estimate of drug-likeness (QED) is 0.163. The van der Waals surface area contributed by atoms with Gasteiger partial charge < -0.3 is 5.11 Å². The molecule has 0 rings (SSSR count). The van der Waals surface area contributed by atoms with Crippen LogP contribution in [0.25, 0.3) is 0 Å². The molecule has 2 heteroatoms. The second-order valence-corrected chi connectivity index (χ2v) is 7.85. The van der Waals surface area contributed by atoms with Gasteiger partial charge >= 0.3 is 5.97 Å². The van der Waals surface area contributed by atoms with Gasteiger partial charge in [0.15, 0.2) is 0 Å². The summed E-state index contributed by atoms with van der Waals surface area (Å²) in [5, 5.41) is 8.55. The molecular formula is C24H46O2. The van der Waals surface area contributed by atoms with Gasteiger partial charge in [0.1, 0.15) is 0 Å². The van der Waals surface area contributed by atoms with Gasteiger partial charge in [0.05, 0.1) is 0 Å². The number of aliphatic carboxylic acids is 1. The fourth-order valence-electron chi connectivity index (χ4n) is 3.42. The first-order valence-corrected chi connectivity index (χ1v) is 11.6. The Morgan fingerprint density at radius 1 is 0.577 bits per heavy atom. The number of unbranched alkanes of at least 4 members (excludes halogenated alkanes) is 17. The fraction of sp³-hybridized carbons (Fsp3) is 0.875. The Morgan fingerprint density at radius 3 is 1.31 bits per heavy atom. The van der Waals surface area contributed by atoms with E-state index in [4.69, 9.17) is 5.11 Å². The van der Waals surface area contributed by atoms with E-state index >= 15 is 0 Å². The molecule has 0 heterocycles. The minimum Gasteiger partial charge on any atom is -0.481 e. The number of rotatable bonds is 21. The molecular weight excluding hydrogens is 320 g/mol. The summed E-state index contributed by atoms with van der Waals surface area (Å²) in [5.41, 5.74) is 0. The van der Waals surface area contributed by atoms with E-state index in [-0.39, 0.29) is 0 Å². The number of allylic oxidation sites excluding steroid dienone is 2. The van der Waals surface area contributed by atoms with Gasteiger partial charge in [-0.25, -0.2) is 0 Å². The summed E-state index contributed by atoms with van der Waals surface area (Å²) in [5.74, 6) is -0.684. The molecule has 0 bridgehead atoms. The van der Waals surface area contributed by atoms with Crippen LogP contribution in [0.2, 0.25) is 0 Å². The van der Waals surface area contributed by atoms with E-state index in [0.717, 1.165) is 19.3 Å². The molecule has 0 spiro atoms. The molecule has 0 aromatic carbocycles. The van der Waals surface area contributed by atoms with Crippen molar-refractivity contribution in [1.82, 2.24) is 0 Å². The average molecular weight is 367 g/mol. The SMILES string of the molecule is CCCCCCCCCCCCCCCCCC/C=C\CCCC(=O)O. The molecule has 0 aromatic rings. The molecule has 26 heavy (non-hydrogen) atoms. The van der Waals surface area contributed by atoms with Crippen LogP contribution in [0.3, 0.4) is 0 Å². The minimum atomic E-state index is -0.684. The Balaban J connectivity index is 3.05. The van der Waals surface area contributed by atoms with E-state index in [1.807, 2.05) is 0 Å². The lowest BCUT2D eigenvalue weighted by Gasteiger charge is -2.03. The van der Waals surface area contributed by atoms with E-state index in [2.05, 4.69) is 19.1 Å². The lowest BCUT2D eigenvalue weighted by atomic mass is 10.0. The number of carboxylic acid groups (broad SMARTS) is 1. The van der Waals surface area contributed by atoms with Crippen molar-refractivity contribution in [2.45, 2.75) is 135 Å². The smallest absolute Gasteiger partial charge is 0.303 e. The zero-order valence-electron chi connectivity index (χ0n) is 17.7. The molecule has 0 saturated heterocycles. The molecule has 0 radical (unpaired) electrons. The van der Waals surface area contributed by atoms with E-state index in [1.54, 1.807) is 0 Å². The molecule has 0 aromatic heterocycles. The van der Waals surface area contributed by atoms with Gasteiger partial charge in [0.25, 0.3) is 0 Å². The average Bonchev–Trinajstić information content (AvgIpc) is 2.62. The number of carbonyl (C=O) groups is 1. The molecule has 0 amide bonds. The maximum absolute atomic E-state index is 10.4. The monoisotopic (exact) mass is 366 g/mol. The van der Waals surface area contributed by atoms with Crippen LogP contribution in [0.5, 0.6) is 0 Å². The number of hydrogen-bond donors (Lipinski definition) is 1. The summed E-state index contributed by atoms with van der Waals surface area (Å²) >= 11 is 0. The van der Waals surface area contributed by atoms with Crippen molar-refractivity contribution < 1.29 is 9.90 Å². The van der Waals surface area contributed by atoms with Gasteiger partial charge in [-0.05, 0) is 25.7 Å². The molecule has 0 unspecified atom stereocenters. The zero-order valence-corrected chi connectivity index (χ0v) is 17.7. The molecule has 0 atom stereocenters. The maximum atomic E-state index is 10.4. The molecule has 0 aliphatic rings. The highest BCUT2D eigenvalue weighted by molar-refractivity contribution is 5.66. The van der Waals surface area contributed by atoms with Crippen molar-refractivity contribution in [3.63, 3.8) is 0 Å². The van der Waals surface area contributed by atoms with Crippen LogP contribution in [-0.2, 0) is 4.79 Å². The van der Waals surface area contributed by atoms with Gasteiger partial charge in [-0.3, -0.25) is 4.79 Å². The lowest BCUT2D eigenvalue weighted by molar-refractivity contribution is -0.137. The van der Waals surface area contributed by atoms with Gasteiger partial charge in [0, 0.05) is 6.42 Å². The van der Waals surface area contributed by atoms with Crippen LogP contribution in [0, 0.1) is 0 Å². The summed E-state index contributed by atoms with van der Waals surface area (Å²) in [7, 11) is 0. The summed E-state index contributed by atoms with van der Waals surface area (Å²) in [6.45, 7) is 2.28. The van der Waals surface area contributed by atoms with Crippen LogP contribution in [0.1, 0.15) is 135 Å². The molecule has 0 fully saturated rings. The van der Waals surface area contributed by atoms with Gasteiger partial charge in [-0.2, -0.15) is 0 Å². The van der Waals surface area contributed by atoms with E-state index in [1.165, 1.54) is 103 Å². The first-order valence-electron chi connectivity index (χ1n) is 11.6. The fourth-order valence-corrected chi connectivity index (χ4v) is 3.42. The topological polar surface area (TPSA) is 37.3 Å². The first-order chi connectivity index (χ1) is 12.8. The largest absolute Gasteiger partial charge is 0.481 e. The standard InChI is InChI=1S/C24H46O2/c1-2-3-4-5-6-7-8-9-10-11-12-13-14-15-16-17-18-19-20-21-22-23-24(25)26/h19-20H,2-18,21-23H2,1H3,(H,25,26)/b20-19-. The predicted octanol–water partition coefficient (Wildman–Crippen LogP) is 8.45. The predicted molar refractivity (Wildman–Crippen MR) is 115 cm³/mol. The van der Waals surface area contributed by atoms with Crippen LogP contribution in [0.4, 0.5) is 0 Å². The van der Waals surface area contributed by atoms with E-state index in [9.17, 15) is 4.79 Å². The van der Waals surface area contributed by atoms with Crippen molar-refractivity contribution in [2.75, 3.05) is 0 Å². The van der Waals surface area contributed by atoms with Crippen molar-refractivity contribution in [1.29, 1.82) is 0 Å². The molecule has 154 valence electrons. The Bertz CT molecular complexity index is 309. The van der Waals surface area contributed by atoms with Crippen LogP contribution >= 0.6 is 0 Å². The Labute approximate surface area is 163 Å². The summed E-state index contributed by atoms with van der Waals surface area (Å²) in [6.07, 6.45) is 30.1. The van der Waals surface area contributed by atoms with Crippen LogP contribution < -0.4 is 0 Å². The van der Waals surface area contributed by atoms with Gasteiger partial charge in [0.2, 0.25) is 0 Å². The Kier molecular flexibility index (Phi) is 21.6.